The zero-order valence-corrected chi connectivity index (χ0v) is 9.25. The lowest BCUT2D eigenvalue weighted by atomic mass is 10.0. The monoisotopic (exact) mass is 188 g/mol. The second-order valence-electron chi connectivity index (χ2n) is 3.71. The van der Waals surface area contributed by atoms with Crippen molar-refractivity contribution < 1.29 is 4.74 Å². The first kappa shape index (κ1) is 12.9. The Morgan fingerprint density at radius 1 is 1.38 bits per heavy atom. The Bertz CT molecular complexity index is 107. The molecule has 0 aliphatic heterocycles. The van der Waals surface area contributed by atoms with Gasteiger partial charge in [-0.3, -0.25) is 0 Å². The van der Waals surface area contributed by atoms with E-state index in [2.05, 4.69) is 19.0 Å². The second-order valence-corrected chi connectivity index (χ2v) is 3.71. The molecule has 0 amide bonds. The van der Waals surface area contributed by atoms with Crippen LogP contribution < -0.4 is 5.73 Å². The van der Waals surface area contributed by atoms with E-state index in [0.29, 0.717) is 5.92 Å². The highest BCUT2D eigenvalue weighted by Crippen LogP contribution is 2.05. The van der Waals surface area contributed by atoms with Crippen molar-refractivity contribution >= 4 is 0 Å². The summed E-state index contributed by atoms with van der Waals surface area (Å²) in [4.78, 5) is 2.20. The fourth-order valence-electron chi connectivity index (χ4n) is 1.25. The molecule has 0 saturated heterocycles. The summed E-state index contributed by atoms with van der Waals surface area (Å²) in [5, 5.41) is 0. The fraction of sp³-hybridized carbons (Fsp3) is 1.00. The zero-order chi connectivity index (χ0) is 10.1. The molecule has 0 rings (SSSR count). The molecule has 0 aliphatic carbocycles. The molecule has 13 heavy (non-hydrogen) atoms. The van der Waals surface area contributed by atoms with Crippen LogP contribution >= 0.6 is 0 Å². The minimum atomic E-state index is 0.542. The Morgan fingerprint density at radius 2 is 2.08 bits per heavy atom. The van der Waals surface area contributed by atoms with Gasteiger partial charge in [-0.2, -0.15) is 0 Å². The first-order chi connectivity index (χ1) is 6.20. The molecule has 0 radical (unpaired) electrons. The van der Waals surface area contributed by atoms with Crippen LogP contribution in [0, 0.1) is 5.92 Å². The highest BCUT2D eigenvalue weighted by atomic mass is 16.5. The molecule has 0 aromatic rings. The number of hydrogen-bond acceptors (Lipinski definition) is 3. The average molecular weight is 188 g/mol. The van der Waals surface area contributed by atoms with Crippen LogP contribution in [0.25, 0.3) is 0 Å². The summed E-state index contributed by atoms with van der Waals surface area (Å²) in [6.07, 6.45) is 2.39. The summed E-state index contributed by atoms with van der Waals surface area (Å²) in [7, 11) is 4.19. The lowest BCUT2D eigenvalue weighted by molar-refractivity contribution is 0.108. The summed E-state index contributed by atoms with van der Waals surface area (Å²) < 4.78 is 5.35. The van der Waals surface area contributed by atoms with E-state index in [-0.39, 0.29) is 0 Å². The molecule has 0 aromatic heterocycles. The predicted molar refractivity (Wildman–Crippen MR) is 56.8 cm³/mol. The molecule has 0 aliphatic rings. The zero-order valence-electron chi connectivity index (χ0n) is 9.25. The van der Waals surface area contributed by atoms with E-state index in [1.54, 1.807) is 0 Å². The second kappa shape index (κ2) is 8.48. The first-order valence-electron chi connectivity index (χ1n) is 5.13. The molecule has 2 N–H and O–H groups in total. The van der Waals surface area contributed by atoms with E-state index in [1.807, 2.05) is 6.92 Å². The highest BCUT2D eigenvalue weighted by molar-refractivity contribution is 4.60. The molecular formula is C10H24N2O. The van der Waals surface area contributed by atoms with Crippen LogP contribution in [0.5, 0.6) is 0 Å². The predicted octanol–water partition coefficient (Wildman–Crippen LogP) is 0.940. The molecule has 1 unspecified atom stereocenters. The highest BCUT2D eigenvalue weighted by Gasteiger charge is 2.05. The summed E-state index contributed by atoms with van der Waals surface area (Å²) in [5.41, 5.74) is 5.64. The third-order valence-electron chi connectivity index (χ3n) is 2.11. The van der Waals surface area contributed by atoms with Crippen molar-refractivity contribution in [3.8, 4) is 0 Å². The third-order valence-corrected chi connectivity index (χ3v) is 2.11. The molecule has 1 atom stereocenters. The van der Waals surface area contributed by atoms with E-state index in [9.17, 15) is 0 Å². The van der Waals surface area contributed by atoms with Crippen LogP contribution in [0.15, 0.2) is 0 Å². The quantitative estimate of drug-likeness (QED) is 0.616. The molecular weight excluding hydrogens is 164 g/mol. The van der Waals surface area contributed by atoms with E-state index >= 15 is 0 Å². The Kier molecular flexibility index (Phi) is 8.40. The number of nitrogens with two attached hydrogens (primary N) is 1. The Hall–Kier alpha value is -0.120. The van der Waals surface area contributed by atoms with Gasteiger partial charge >= 0.3 is 0 Å². The molecule has 0 spiro atoms. The largest absolute Gasteiger partial charge is 0.381 e. The normalized spacial score (nSPS) is 13.6. The molecule has 80 valence electrons. The standard InChI is InChI=1S/C10H24N2O/c1-4-13-9-10(8-11)6-5-7-12(2)3/h10H,4-9,11H2,1-3H3. The summed E-state index contributed by atoms with van der Waals surface area (Å²) >= 11 is 0. The van der Waals surface area contributed by atoms with Gasteiger partial charge in [0.2, 0.25) is 0 Å². The van der Waals surface area contributed by atoms with Crippen LogP contribution in [0.1, 0.15) is 19.8 Å². The van der Waals surface area contributed by atoms with Crippen molar-refractivity contribution in [3.05, 3.63) is 0 Å². The van der Waals surface area contributed by atoms with Gasteiger partial charge < -0.3 is 15.4 Å². The van der Waals surface area contributed by atoms with Crippen molar-refractivity contribution in [3.63, 3.8) is 0 Å². The average Bonchev–Trinajstić information content (AvgIpc) is 2.10. The van der Waals surface area contributed by atoms with Crippen molar-refractivity contribution in [2.24, 2.45) is 11.7 Å². The third kappa shape index (κ3) is 8.22. The van der Waals surface area contributed by atoms with Crippen LogP contribution in [0.2, 0.25) is 0 Å². The van der Waals surface area contributed by atoms with E-state index in [1.165, 1.54) is 12.8 Å². The lowest BCUT2D eigenvalue weighted by Gasteiger charge is -2.15. The Balaban J connectivity index is 3.36. The topological polar surface area (TPSA) is 38.5 Å². The van der Waals surface area contributed by atoms with Gasteiger partial charge in [-0.15, -0.1) is 0 Å². The van der Waals surface area contributed by atoms with Crippen molar-refractivity contribution in [2.75, 3.05) is 40.4 Å². The van der Waals surface area contributed by atoms with Gasteiger partial charge in [0.1, 0.15) is 0 Å². The lowest BCUT2D eigenvalue weighted by Crippen LogP contribution is -2.22. The number of hydrogen-bond donors (Lipinski definition) is 1. The van der Waals surface area contributed by atoms with Gasteiger partial charge in [-0.1, -0.05) is 0 Å². The van der Waals surface area contributed by atoms with Gasteiger partial charge in [0, 0.05) is 6.61 Å². The van der Waals surface area contributed by atoms with Gasteiger partial charge in [-0.25, -0.2) is 0 Å². The van der Waals surface area contributed by atoms with Gasteiger partial charge in [0.15, 0.2) is 0 Å². The first-order valence-corrected chi connectivity index (χ1v) is 5.13. The number of rotatable bonds is 8. The van der Waals surface area contributed by atoms with Gasteiger partial charge in [0.25, 0.3) is 0 Å². The fourth-order valence-corrected chi connectivity index (χ4v) is 1.25. The van der Waals surface area contributed by atoms with Crippen LogP contribution in [0.3, 0.4) is 0 Å². The number of nitrogens with zero attached hydrogens (tertiary/aromatic N) is 1. The van der Waals surface area contributed by atoms with E-state index in [0.717, 1.165) is 26.3 Å². The molecule has 0 saturated carbocycles. The molecule has 0 aromatic carbocycles. The Morgan fingerprint density at radius 3 is 2.54 bits per heavy atom. The minimum Gasteiger partial charge on any atom is -0.381 e. The van der Waals surface area contributed by atoms with Gasteiger partial charge in [0.05, 0.1) is 6.61 Å². The maximum absolute atomic E-state index is 5.64. The SMILES string of the molecule is CCOCC(CN)CCCN(C)C. The molecule has 0 fully saturated rings. The maximum Gasteiger partial charge on any atom is 0.0506 e. The smallest absolute Gasteiger partial charge is 0.0506 e. The van der Waals surface area contributed by atoms with Crippen LogP contribution in [-0.4, -0.2) is 45.3 Å². The van der Waals surface area contributed by atoms with E-state index < -0.39 is 0 Å². The maximum atomic E-state index is 5.64. The van der Waals surface area contributed by atoms with Crippen molar-refractivity contribution in [2.45, 2.75) is 19.8 Å². The summed E-state index contributed by atoms with van der Waals surface area (Å²) in [6, 6.07) is 0. The summed E-state index contributed by atoms with van der Waals surface area (Å²) in [5.74, 6) is 0.542. The molecule has 3 nitrogen and oxygen atoms in total. The minimum absolute atomic E-state index is 0.542. The molecule has 0 bridgehead atoms. The van der Waals surface area contributed by atoms with Crippen molar-refractivity contribution in [1.82, 2.24) is 4.90 Å². The van der Waals surface area contributed by atoms with Crippen molar-refractivity contribution in [1.29, 1.82) is 0 Å². The van der Waals surface area contributed by atoms with Crippen LogP contribution in [-0.2, 0) is 4.74 Å². The summed E-state index contributed by atoms with van der Waals surface area (Å²) in [6.45, 7) is 5.52. The molecule has 0 heterocycles. The van der Waals surface area contributed by atoms with Crippen LogP contribution in [0.4, 0.5) is 0 Å². The van der Waals surface area contributed by atoms with Gasteiger partial charge in [-0.05, 0) is 52.9 Å². The van der Waals surface area contributed by atoms with E-state index in [4.69, 9.17) is 10.5 Å². The molecule has 3 heteroatoms. The Labute approximate surface area is 82.2 Å². The number of ether oxygens (including phenoxy) is 1.